The standard InChI is InChI=1S/C63H104O12/c1-4-7-10-13-16-19-22-25-26-27-28-29-30-33-36-39-42-45-48-51-57(66)74-61-59(68)58(67)60(62(69)70)75-63(61)72-53-54(73-56(65)50-47-44-41-38-35-32-24-21-18-15-12-9-6-3)52-71-55(64)49-46-43-40-37-34-31-23-20-17-14-11-8-5-2/h8,11,16-17,19-21,24-26,28-29,31,34,54,58-61,63,67-68H,4-7,9-10,12-15,18,22-23,27,30,32-33,35-53H2,1-3H3,(H,69,70)/b11-8-,19-16-,20-17-,24-21-,26-25-,29-28-,34-31-. The molecule has 3 N–H and O–H groups in total. The number of aliphatic hydroxyl groups excluding tert-OH is 2. The second-order valence-corrected chi connectivity index (χ2v) is 19.9. The van der Waals surface area contributed by atoms with Crippen molar-refractivity contribution < 1.29 is 58.2 Å². The van der Waals surface area contributed by atoms with Gasteiger partial charge in [-0.05, 0) is 116 Å². The highest BCUT2D eigenvalue weighted by molar-refractivity contribution is 5.74. The van der Waals surface area contributed by atoms with Crippen LogP contribution in [0.15, 0.2) is 85.1 Å². The molecule has 0 aromatic carbocycles. The van der Waals surface area contributed by atoms with Crippen LogP contribution in [0.25, 0.3) is 0 Å². The van der Waals surface area contributed by atoms with Crippen LogP contribution in [0.1, 0.15) is 239 Å². The topological polar surface area (TPSA) is 175 Å². The molecule has 1 fully saturated rings. The molecule has 12 nitrogen and oxygen atoms in total. The zero-order valence-corrected chi connectivity index (χ0v) is 47.0. The molecule has 0 aromatic heterocycles. The highest BCUT2D eigenvalue weighted by Gasteiger charge is 2.50. The first-order valence-corrected chi connectivity index (χ1v) is 29.6. The van der Waals surface area contributed by atoms with Gasteiger partial charge in [-0.25, -0.2) is 4.79 Å². The first-order chi connectivity index (χ1) is 36.6. The van der Waals surface area contributed by atoms with Crippen molar-refractivity contribution >= 4 is 23.9 Å². The molecular weight excluding hydrogens is 949 g/mol. The van der Waals surface area contributed by atoms with Crippen LogP contribution in [-0.2, 0) is 42.9 Å². The summed E-state index contributed by atoms with van der Waals surface area (Å²) in [6.07, 6.45) is 52.6. The Hall–Kier alpha value is -4.10. The summed E-state index contributed by atoms with van der Waals surface area (Å²) >= 11 is 0. The quantitative estimate of drug-likeness (QED) is 0.0228. The Morgan fingerprint density at radius 1 is 0.453 bits per heavy atom. The molecule has 75 heavy (non-hydrogen) atoms. The van der Waals surface area contributed by atoms with Gasteiger partial charge in [0.05, 0.1) is 6.61 Å². The zero-order valence-electron chi connectivity index (χ0n) is 47.0. The van der Waals surface area contributed by atoms with Crippen LogP contribution in [0.5, 0.6) is 0 Å². The summed E-state index contributed by atoms with van der Waals surface area (Å²) in [5.41, 5.74) is 0. The molecule has 0 aromatic rings. The van der Waals surface area contributed by atoms with Crippen molar-refractivity contribution in [1.29, 1.82) is 0 Å². The average Bonchev–Trinajstić information content (AvgIpc) is 3.39. The maximum absolute atomic E-state index is 13.1. The van der Waals surface area contributed by atoms with Crippen molar-refractivity contribution in [2.75, 3.05) is 13.2 Å². The van der Waals surface area contributed by atoms with E-state index < -0.39 is 67.3 Å². The molecule has 0 radical (unpaired) electrons. The largest absolute Gasteiger partial charge is 0.479 e. The molecule has 1 rings (SSSR count). The van der Waals surface area contributed by atoms with E-state index in [0.717, 1.165) is 128 Å². The normalized spacial score (nSPS) is 18.8. The molecule has 0 saturated carbocycles. The van der Waals surface area contributed by atoms with E-state index in [1.807, 2.05) is 0 Å². The van der Waals surface area contributed by atoms with Gasteiger partial charge < -0.3 is 39.0 Å². The Morgan fingerprint density at radius 3 is 1.33 bits per heavy atom. The van der Waals surface area contributed by atoms with Crippen molar-refractivity contribution in [3.63, 3.8) is 0 Å². The Balaban J connectivity index is 2.70. The zero-order chi connectivity index (χ0) is 54.7. The fraction of sp³-hybridized carbons (Fsp3) is 0.714. The van der Waals surface area contributed by atoms with Crippen molar-refractivity contribution in [3.8, 4) is 0 Å². The number of allylic oxidation sites excluding steroid dienone is 14. The summed E-state index contributed by atoms with van der Waals surface area (Å²) in [4.78, 5) is 51.1. The fourth-order valence-corrected chi connectivity index (χ4v) is 8.38. The first-order valence-electron chi connectivity index (χ1n) is 29.6. The van der Waals surface area contributed by atoms with Gasteiger partial charge in [-0.2, -0.15) is 0 Å². The molecule has 1 aliphatic heterocycles. The molecule has 0 amide bonds. The van der Waals surface area contributed by atoms with Gasteiger partial charge in [0, 0.05) is 19.3 Å². The number of carboxylic acids is 1. The van der Waals surface area contributed by atoms with Crippen molar-refractivity contribution in [2.45, 2.75) is 276 Å². The SMILES string of the molecule is CC/C=C\C/C=C\C/C=C\CCCCCC(=O)OCC(COC1OC(C(=O)O)C(O)C(O)C1OC(=O)CCCCCCCC/C=C\C/C=C\C/C=C\CCCCC)OC(=O)CCCCCCC/C=C\CCCCCC. The lowest BCUT2D eigenvalue weighted by Gasteiger charge is -2.40. The molecule has 0 aliphatic carbocycles. The number of hydrogen-bond acceptors (Lipinski definition) is 11. The molecule has 428 valence electrons. The minimum atomic E-state index is -1.92. The van der Waals surface area contributed by atoms with Gasteiger partial charge in [0.2, 0.25) is 0 Å². The van der Waals surface area contributed by atoms with E-state index in [1.165, 1.54) is 51.4 Å². The molecule has 1 aliphatic rings. The van der Waals surface area contributed by atoms with Crippen molar-refractivity contribution in [2.24, 2.45) is 0 Å². The van der Waals surface area contributed by atoms with E-state index in [2.05, 4.69) is 106 Å². The van der Waals surface area contributed by atoms with Crippen LogP contribution in [0.2, 0.25) is 0 Å². The van der Waals surface area contributed by atoms with Crippen LogP contribution < -0.4 is 0 Å². The molecule has 1 saturated heterocycles. The number of unbranched alkanes of at least 4 members (excludes halogenated alkanes) is 21. The highest BCUT2D eigenvalue weighted by atomic mass is 16.7. The minimum Gasteiger partial charge on any atom is -0.479 e. The molecule has 0 bridgehead atoms. The number of carbonyl (C=O) groups excluding carboxylic acids is 3. The number of hydrogen-bond donors (Lipinski definition) is 3. The maximum Gasteiger partial charge on any atom is 0.335 e. The molecular formula is C63H104O12. The average molecular weight is 1050 g/mol. The van der Waals surface area contributed by atoms with Crippen LogP contribution in [-0.4, -0.2) is 89.2 Å². The Bertz CT molecular complexity index is 1630. The second kappa shape index (κ2) is 50.7. The number of carboxylic acid groups (broad SMARTS) is 1. The Labute approximate surface area is 454 Å². The predicted octanol–water partition coefficient (Wildman–Crippen LogP) is 15.1. The van der Waals surface area contributed by atoms with Gasteiger partial charge in [-0.15, -0.1) is 0 Å². The van der Waals surface area contributed by atoms with Crippen LogP contribution in [0.4, 0.5) is 0 Å². The Morgan fingerprint density at radius 2 is 0.840 bits per heavy atom. The second-order valence-electron chi connectivity index (χ2n) is 19.9. The van der Waals surface area contributed by atoms with Gasteiger partial charge in [0.1, 0.15) is 18.8 Å². The third kappa shape index (κ3) is 40.8. The van der Waals surface area contributed by atoms with Crippen LogP contribution in [0.3, 0.4) is 0 Å². The monoisotopic (exact) mass is 1050 g/mol. The van der Waals surface area contributed by atoms with E-state index in [4.69, 9.17) is 23.7 Å². The lowest BCUT2D eigenvalue weighted by atomic mass is 9.98. The number of rotatable bonds is 49. The highest BCUT2D eigenvalue weighted by Crippen LogP contribution is 2.26. The Kier molecular flexibility index (Phi) is 46.6. The summed E-state index contributed by atoms with van der Waals surface area (Å²) < 4.78 is 28.4. The van der Waals surface area contributed by atoms with Gasteiger partial charge >= 0.3 is 23.9 Å². The van der Waals surface area contributed by atoms with Crippen molar-refractivity contribution in [3.05, 3.63) is 85.1 Å². The number of esters is 3. The first kappa shape index (κ1) is 68.9. The molecule has 6 atom stereocenters. The third-order valence-corrected chi connectivity index (χ3v) is 12.9. The number of carbonyl (C=O) groups is 4. The summed E-state index contributed by atoms with van der Waals surface area (Å²) in [5.74, 6) is -3.19. The van der Waals surface area contributed by atoms with Crippen LogP contribution >= 0.6 is 0 Å². The van der Waals surface area contributed by atoms with E-state index >= 15 is 0 Å². The lowest BCUT2D eigenvalue weighted by Crippen LogP contribution is -2.61. The summed E-state index contributed by atoms with van der Waals surface area (Å²) in [6, 6.07) is 0. The fourth-order valence-electron chi connectivity index (χ4n) is 8.38. The lowest BCUT2D eigenvalue weighted by molar-refractivity contribution is -0.301. The maximum atomic E-state index is 13.1. The molecule has 1 heterocycles. The van der Waals surface area contributed by atoms with Crippen molar-refractivity contribution in [1.82, 2.24) is 0 Å². The van der Waals surface area contributed by atoms with Gasteiger partial charge in [0.25, 0.3) is 0 Å². The molecule has 6 unspecified atom stereocenters. The van der Waals surface area contributed by atoms with Crippen LogP contribution in [0, 0.1) is 0 Å². The number of aliphatic carboxylic acids is 1. The third-order valence-electron chi connectivity index (χ3n) is 12.9. The number of ether oxygens (including phenoxy) is 5. The summed E-state index contributed by atoms with van der Waals surface area (Å²) in [6.45, 7) is 5.79. The molecule has 0 spiro atoms. The van der Waals surface area contributed by atoms with E-state index in [0.29, 0.717) is 19.3 Å². The summed E-state index contributed by atoms with van der Waals surface area (Å²) in [7, 11) is 0. The van der Waals surface area contributed by atoms with Gasteiger partial charge in [-0.3, -0.25) is 14.4 Å². The molecule has 12 heteroatoms. The predicted molar refractivity (Wildman–Crippen MR) is 303 cm³/mol. The number of aliphatic hydroxyl groups is 2. The van der Waals surface area contributed by atoms with E-state index in [9.17, 15) is 34.5 Å². The van der Waals surface area contributed by atoms with Gasteiger partial charge in [-0.1, -0.05) is 189 Å². The van der Waals surface area contributed by atoms with E-state index in [-0.39, 0.29) is 25.9 Å². The van der Waals surface area contributed by atoms with Gasteiger partial charge in [0.15, 0.2) is 24.6 Å². The minimum absolute atomic E-state index is 0.0391. The smallest absolute Gasteiger partial charge is 0.335 e. The van der Waals surface area contributed by atoms with E-state index in [1.54, 1.807) is 0 Å². The summed E-state index contributed by atoms with van der Waals surface area (Å²) in [5, 5.41) is 31.5.